The van der Waals surface area contributed by atoms with Crippen LogP contribution in [0, 0.1) is 0 Å². The van der Waals surface area contributed by atoms with Crippen LogP contribution in [0.5, 0.6) is 0 Å². The Labute approximate surface area is 172 Å². The number of rotatable bonds is 3. The van der Waals surface area contributed by atoms with Crippen molar-refractivity contribution in [1.29, 1.82) is 0 Å². The number of para-hydroxylation sites is 4. The Bertz CT molecular complexity index is 1290. The molecule has 0 saturated carbocycles. The number of hydrogen-bond acceptors (Lipinski definition) is 2. The molecular weight excluding hydrogens is 372 g/mol. The molecule has 6 heteroatoms. The first-order valence-electron chi connectivity index (χ1n) is 9.77. The van der Waals surface area contributed by atoms with Gasteiger partial charge in [-0.05, 0) is 59.7 Å². The summed E-state index contributed by atoms with van der Waals surface area (Å²) < 4.78 is 3.97. The van der Waals surface area contributed by atoms with E-state index < -0.39 is 0 Å². The van der Waals surface area contributed by atoms with Gasteiger partial charge >= 0.3 is 11.9 Å². The highest BCUT2D eigenvalue weighted by atomic mass is 15.2. The fourth-order valence-corrected chi connectivity index (χ4v) is 3.64. The van der Waals surface area contributed by atoms with E-state index in [1.165, 1.54) is 0 Å². The summed E-state index contributed by atoms with van der Waals surface area (Å²) in [6.45, 7) is 0. The second-order valence-corrected chi connectivity index (χ2v) is 7.14. The van der Waals surface area contributed by atoms with Crippen molar-refractivity contribution in [3.8, 4) is 23.0 Å². The van der Waals surface area contributed by atoms with Crippen LogP contribution >= 0.6 is 0 Å². The van der Waals surface area contributed by atoms with Crippen LogP contribution in [0.25, 0.3) is 45.1 Å². The van der Waals surface area contributed by atoms with Crippen LogP contribution in [0.2, 0.25) is 0 Å². The number of fused-ring (bicyclic) bond motifs is 2. The highest BCUT2D eigenvalue weighted by molar-refractivity contribution is 5.76. The minimum atomic E-state index is 0.804. The van der Waals surface area contributed by atoms with Crippen molar-refractivity contribution in [3.63, 3.8) is 0 Å². The molecule has 0 aliphatic carbocycles. The molecule has 0 unspecified atom stereocenters. The molecule has 0 saturated heterocycles. The lowest BCUT2D eigenvalue weighted by atomic mass is 10.1. The molecule has 0 bridgehead atoms. The Kier molecular flexibility index (Phi) is 3.67. The van der Waals surface area contributed by atoms with Crippen LogP contribution in [0.4, 0.5) is 0 Å². The Hall–Kier alpha value is -4.32. The fraction of sp³-hybridized carbons (Fsp3) is 0. The van der Waals surface area contributed by atoms with E-state index >= 15 is 0 Å². The van der Waals surface area contributed by atoms with E-state index in [1.807, 2.05) is 82.5 Å². The van der Waals surface area contributed by atoms with Crippen LogP contribution in [-0.4, -0.2) is 19.9 Å². The zero-order valence-electron chi connectivity index (χ0n) is 16.0. The molecule has 0 fully saturated rings. The molecule has 0 amide bonds. The van der Waals surface area contributed by atoms with E-state index in [9.17, 15) is 0 Å². The van der Waals surface area contributed by atoms with Crippen LogP contribution in [0.15, 0.2) is 97.6 Å². The second kappa shape index (κ2) is 6.63. The molecule has 0 aliphatic heterocycles. The summed E-state index contributed by atoms with van der Waals surface area (Å²) in [5.74, 6) is 1.61. The molecule has 0 spiro atoms. The molecule has 0 atom stereocenters. The average molecular weight is 390 g/mol. The van der Waals surface area contributed by atoms with E-state index in [-0.39, 0.29) is 0 Å². The number of nitrogens with one attached hydrogen (secondary N) is 2. The van der Waals surface area contributed by atoms with Gasteiger partial charge in [-0.25, -0.2) is 19.1 Å². The van der Waals surface area contributed by atoms with E-state index in [0.717, 1.165) is 45.1 Å². The number of nitrogens with zero attached hydrogens (tertiary/aromatic N) is 4. The Balaban J connectivity index is 1.28. The highest BCUT2D eigenvalue weighted by Gasteiger charge is 2.14. The molecule has 4 heterocycles. The fourth-order valence-electron chi connectivity index (χ4n) is 3.64. The molecule has 2 N–H and O–H groups in total. The Morgan fingerprint density at radius 3 is 1.30 bits per heavy atom. The summed E-state index contributed by atoms with van der Waals surface area (Å²) in [7, 11) is 0. The van der Waals surface area contributed by atoms with Gasteiger partial charge in [-0.1, -0.05) is 34.2 Å². The topological polar surface area (TPSA) is 65.1 Å². The Morgan fingerprint density at radius 2 is 0.900 bits per heavy atom. The number of hydrogen-bond donors (Lipinski definition) is 2. The predicted octanol–water partition coefficient (Wildman–Crippen LogP) is 3.66. The van der Waals surface area contributed by atoms with Gasteiger partial charge in [-0.15, -0.1) is 0 Å². The molecule has 6 rings (SSSR count). The molecular formula is C24H18N6+2. The third-order valence-corrected chi connectivity index (χ3v) is 5.24. The number of benzene rings is 2. The number of aromatic nitrogens is 6. The largest absolute Gasteiger partial charge is 0.401 e. The van der Waals surface area contributed by atoms with Crippen molar-refractivity contribution >= 4 is 22.1 Å². The quantitative estimate of drug-likeness (QED) is 0.453. The second-order valence-electron chi connectivity index (χ2n) is 7.14. The zero-order valence-corrected chi connectivity index (χ0v) is 16.0. The maximum Gasteiger partial charge on any atom is 0.401 e. The third kappa shape index (κ3) is 2.82. The molecule has 4 aromatic heterocycles. The van der Waals surface area contributed by atoms with Gasteiger partial charge in [0.15, 0.2) is 11.0 Å². The molecule has 30 heavy (non-hydrogen) atoms. The minimum Gasteiger partial charge on any atom is -0.238 e. The van der Waals surface area contributed by atoms with E-state index in [2.05, 4.69) is 44.2 Å². The van der Waals surface area contributed by atoms with Crippen molar-refractivity contribution in [2.45, 2.75) is 0 Å². The standard InChI is InChI=1S/C24H17N6/c1-2-6-20-19(5-1)25-23(26-20)29-13-9-17(10-14-29)18-11-15-30(16-12-18)24-27-21-7-3-4-8-22(21)28-24/h1-16H,(H,25,26)/q+1/p+1. The van der Waals surface area contributed by atoms with Crippen molar-refractivity contribution < 1.29 is 9.13 Å². The lowest BCUT2D eigenvalue weighted by molar-refractivity contribution is -0.603. The summed E-state index contributed by atoms with van der Waals surface area (Å²) in [6.07, 6.45) is 8.08. The first-order chi connectivity index (χ1) is 14.8. The summed E-state index contributed by atoms with van der Waals surface area (Å²) in [5, 5.41) is 0. The predicted molar refractivity (Wildman–Crippen MR) is 114 cm³/mol. The van der Waals surface area contributed by atoms with Gasteiger partial charge in [-0.3, -0.25) is 0 Å². The van der Waals surface area contributed by atoms with Gasteiger partial charge in [0.2, 0.25) is 0 Å². The normalized spacial score (nSPS) is 11.3. The summed E-state index contributed by atoms with van der Waals surface area (Å²) >= 11 is 0. The molecule has 6 nitrogen and oxygen atoms in total. The summed E-state index contributed by atoms with van der Waals surface area (Å²) in [6, 6.07) is 24.4. The first kappa shape index (κ1) is 16.6. The summed E-state index contributed by atoms with van der Waals surface area (Å²) in [4.78, 5) is 16.0. The van der Waals surface area contributed by atoms with E-state index in [0.29, 0.717) is 0 Å². The van der Waals surface area contributed by atoms with Gasteiger partial charge in [0.05, 0.1) is 24.8 Å². The van der Waals surface area contributed by atoms with Crippen molar-refractivity contribution in [2.24, 2.45) is 0 Å². The molecule has 2 aromatic carbocycles. The van der Waals surface area contributed by atoms with Crippen LogP contribution in [0.1, 0.15) is 0 Å². The molecule has 6 aromatic rings. The van der Waals surface area contributed by atoms with Crippen LogP contribution in [-0.2, 0) is 0 Å². The molecule has 0 aliphatic rings. The number of imidazole rings is 2. The van der Waals surface area contributed by atoms with E-state index in [4.69, 9.17) is 0 Å². The van der Waals surface area contributed by atoms with Gasteiger partial charge in [0.25, 0.3) is 0 Å². The van der Waals surface area contributed by atoms with Crippen molar-refractivity contribution in [1.82, 2.24) is 19.9 Å². The van der Waals surface area contributed by atoms with Gasteiger partial charge in [-0.2, -0.15) is 0 Å². The Morgan fingerprint density at radius 1 is 0.500 bits per heavy atom. The smallest absolute Gasteiger partial charge is 0.238 e. The monoisotopic (exact) mass is 390 g/mol. The maximum atomic E-state index is 4.64. The van der Waals surface area contributed by atoms with Crippen molar-refractivity contribution in [2.75, 3.05) is 0 Å². The van der Waals surface area contributed by atoms with Gasteiger partial charge in [0, 0.05) is 0 Å². The number of pyridine rings is 2. The summed E-state index contributed by atoms with van der Waals surface area (Å²) in [5.41, 5.74) is 6.26. The third-order valence-electron chi connectivity index (χ3n) is 5.24. The lowest BCUT2D eigenvalue weighted by Gasteiger charge is -2.02. The molecule has 142 valence electrons. The zero-order chi connectivity index (χ0) is 19.9. The van der Waals surface area contributed by atoms with Crippen LogP contribution in [0.3, 0.4) is 0 Å². The number of H-pyrrole nitrogens is 2. The lowest BCUT2D eigenvalue weighted by Crippen LogP contribution is -2.31. The average Bonchev–Trinajstić information content (AvgIpc) is 3.44. The maximum absolute atomic E-state index is 4.64. The minimum absolute atomic E-state index is 0.804. The molecule has 0 radical (unpaired) electrons. The van der Waals surface area contributed by atoms with Crippen LogP contribution < -0.4 is 9.13 Å². The highest BCUT2D eigenvalue weighted by Crippen LogP contribution is 2.17. The van der Waals surface area contributed by atoms with Gasteiger partial charge < -0.3 is 0 Å². The number of aromatic amines is 2. The SMILES string of the molecule is c1ccc2[nH]c(-[n+]3ccc(-c4cc[n+](-c5nc6ccccc6[nH]5)cc4)cc3)nc2c1. The van der Waals surface area contributed by atoms with E-state index in [1.54, 1.807) is 0 Å². The van der Waals surface area contributed by atoms with Gasteiger partial charge in [0.1, 0.15) is 11.0 Å². The van der Waals surface area contributed by atoms with Crippen molar-refractivity contribution in [3.05, 3.63) is 97.6 Å². The first-order valence-corrected chi connectivity index (χ1v) is 9.77.